The third-order valence-electron chi connectivity index (χ3n) is 2.78. The van der Waals surface area contributed by atoms with E-state index in [2.05, 4.69) is 64.8 Å². The van der Waals surface area contributed by atoms with Crippen molar-refractivity contribution < 1.29 is 0 Å². The van der Waals surface area contributed by atoms with Gasteiger partial charge < -0.3 is 5.32 Å². The van der Waals surface area contributed by atoms with Gasteiger partial charge >= 0.3 is 0 Å². The van der Waals surface area contributed by atoms with Crippen LogP contribution in [0.2, 0.25) is 0 Å². The number of hydrogen-bond acceptors (Lipinski definition) is 3. The lowest BCUT2D eigenvalue weighted by Crippen LogP contribution is -2.35. The van der Waals surface area contributed by atoms with Gasteiger partial charge in [0.2, 0.25) is 0 Å². The van der Waals surface area contributed by atoms with Crippen LogP contribution in [0.15, 0.2) is 24.5 Å². The lowest BCUT2D eigenvalue weighted by Gasteiger charge is -2.21. The average molecular weight is 370 g/mol. The molecule has 5 heteroatoms. The predicted molar refractivity (Wildman–Crippen MR) is 85.4 cm³/mol. The van der Waals surface area contributed by atoms with Gasteiger partial charge in [-0.1, -0.05) is 6.07 Å². The van der Waals surface area contributed by atoms with E-state index in [9.17, 15) is 0 Å². The highest BCUT2D eigenvalue weighted by atomic mass is 127. The fraction of sp³-hybridized carbons (Fsp3) is 0.429. The molecule has 0 unspecified atom stereocenters. The molecule has 19 heavy (non-hydrogen) atoms. The van der Waals surface area contributed by atoms with Crippen molar-refractivity contribution in [2.45, 2.75) is 39.8 Å². The van der Waals surface area contributed by atoms with E-state index in [-0.39, 0.29) is 5.54 Å². The zero-order valence-corrected chi connectivity index (χ0v) is 13.9. The van der Waals surface area contributed by atoms with E-state index >= 15 is 0 Å². The SMILES string of the molecule is Cc1nc(-n2cc(I)cn2)ccc1CNC(C)(C)C. The fourth-order valence-corrected chi connectivity index (χ4v) is 2.07. The quantitative estimate of drug-likeness (QED) is 0.845. The minimum Gasteiger partial charge on any atom is -0.308 e. The summed E-state index contributed by atoms with van der Waals surface area (Å²) in [6.45, 7) is 9.36. The van der Waals surface area contributed by atoms with Gasteiger partial charge in [-0.25, -0.2) is 9.67 Å². The Bertz CT molecular complexity index is 569. The highest BCUT2D eigenvalue weighted by Crippen LogP contribution is 2.12. The Hall–Kier alpha value is -0.950. The molecule has 4 nitrogen and oxygen atoms in total. The molecule has 0 aliphatic carbocycles. The lowest BCUT2D eigenvalue weighted by atomic mass is 10.1. The molecule has 2 heterocycles. The molecule has 0 spiro atoms. The molecule has 0 saturated carbocycles. The second kappa shape index (κ2) is 5.58. The second-order valence-electron chi connectivity index (χ2n) is 5.62. The van der Waals surface area contributed by atoms with E-state index < -0.39 is 0 Å². The summed E-state index contributed by atoms with van der Waals surface area (Å²) in [5.74, 6) is 0.861. The van der Waals surface area contributed by atoms with Crippen LogP contribution in [-0.4, -0.2) is 20.3 Å². The Balaban J connectivity index is 2.18. The maximum Gasteiger partial charge on any atom is 0.153 e. The molecule has 2 aromatic heterocycles. The summed E-state index contributed by atoms with van der Waals surface area (Å²) >= 11 is 2.24. The van der Waals surface area contributed by atoms with Crippen LogP contribution < -0.4 is 5.32 Å². The molecule has 0 fully saturated rings. The third-order valence-corrected chi connectivity index (χ3v) is 3.33. The van der Waals surface area contributed by atoms with Crippen molar-refractivity contribution in [3.05, 3.63) is 39.4 Å². The molecule has 0 bridgehead atoms. The van der Waals surface area contributed by atoms with Crippen LogP contribution in [-0.2, 0) is 6.54 Å². The summed E-state index contributed by atoms with van der Waals surface area (Å²) in [6.07, 6.45) is 3.79. The summed E-state index contributed by atoms with van der Waals surface area (Å²) < 4.78 is 2.91. The molecule has 0 aliphatic rings. The van der Waals surface area contributed by atoms with Gasteiger partial charge in [-0.2, -0.15) is 5.10 Å². The van der Waals surface area contributed by atoms with Crippen molar-refractivity contribution in [1.29, 1.82) is 0 Å². The second-order valence-corrected chi connectivity index (χ2v) is 6.87. The van der Waals surface area contributed by atoms with Crippen LogP contribution in [0, 0.1) is 10.5 Å². The van der Waals surface area contributed by atoms with Crippen LogP contribution in [0.4, 0.5) is 0 Å². The number of halogens is 1. The number of pyridine rings is 1. The van der Waals surface area contributed by atoms with Gasteiger partial charge in [0.15, 0.2) is 5.82 Å². The van der Waals surface area contributed by atoms with E-state index in [0.29, 0.717) is 0 Å². The normalized spacial score (nSPS) is 11.8. The zero-order chi connectivity index (χ0) is 14.0. The lowest BCUT2D eigenvalue weighted by molar-refractivity contribution is 0.423. The van der Waals surface area contributed by atoms with Gasteiger partial charge in [0.05, 0.1) is 9.77 Å². The van der Waals surface area contributed by atoms with Crippen LogP contribution in [0.5, 0.6) is 0 Å². The molecule has 2 aromatic rings. The fourth-order valence-electron chi connectivity index (χ4n) is 1.68. The summed E-state index contributed by atoms with van der Waals surface area (Å²) in [4.78, 5) is 4.61. The first-order valence-electron chi connectivity index (χ1n) is 6.27. The summed E-state index contributed by atoms with van der Waals surface area (Å²) in [6, 6.07) is 4.13. The Morgan fingerprint density at radius 1 is 1.32 bits per heavy atom. The minimum atomic E-state index is 0.114. The molecule has 1 N–H and O–H groups in total. The van der Waals surface area contributed by atoms with Gasteiger partial charge in [0.25, 0.3) is 0 Å². The number of nitrogens with zero attached hydrogens (tertiary/aromatic N) is 3. The first kappa shape index (κ1) is 14.5. The van der Waals surface area contributed by atoms with Crippen LogP contribution in [0.1, 0.15) is 32.0 Å². The van der Waals surface area contributed by atoms with Gasteiger partial charge in [0.1, 0.15) is 0 Å². The van der Waals surface area contributed by atoms with Crippen molar-refractivity contribution in [3.63, 3.8) is 0 Å². The standard InChI is InChI=1S/C14H19IN4/c1-10-11(7-16-14(2,3)4)5-6-13(18-10)19-9-12(15)8-17-19/h5-6,8-9,16H,7H2,1-4H3. The van der Waals surface area contributed by atoms with E-state index in [1.807, 2.05) is 25.4 Å². The van der Waals surface area contributed by atoms with E-state index in [0.717, 1.165) is 21.6 Å². The van der Waals surface area contributed by atoms with Crippen molar-refractivity contribution in [2.24, 2.45) is 0 Å². The predicted octanol–water partition coefficient (Wildman–Crippen LogP) is 3.07. The molecule has 2 rings (SSSR count). The molecular weight excluding hydrogens is 351 g/mol. The molecule has 0 aliphatic heterocycles. The Kier molecular flexibility index (Phi) is 4.25. The zero-order valence-electron chi connectivity index (χ0n) is 11.7. The topological polar surface area (TPSA) is 42.7 Å². The maximum atomic E-state index is 4.61. The first-order valence-corrected chi connectivity index (χ1v) is 7.35. The van der Waals surface area contributed by atoms with Gasteiger partial charge in [-0.3, -0.25) is 0 Å². The highest BCUT2D eigenvalue weighted by molar-refractivity contribution is 14.1. The number of hydrogen-bond donors (Lipinski definition) is 1. The molecule has 0 atom stereocenters. The van der Waals surface area contributed by atoms with E-state index in [1.54, 1.807) is 4.68 Å². The Morgan fingerprint density at radius 3 is 2.58 bits per heavy atom. The number of aromatic nitrogens is 3. The van der Waals surface area contributed by atoms with Gasteiger partial charge in [0, 0.05) is 24.0 Å². The Labute approximate surface area is 127 Å². The van der Waals surface area contributed by atoms with Crippen molar-refractivity contribution in [3.8, 4) is 5.82 Å². The highest BCUT2D eigenvalue weighted by Gasteiger charge is 2.10. The number of rotatable bonds is 3. The van der Waals surface area contributed by atoms with Gasteiger partial charge in [-0.15, -0.1) is 0 Å². The molecule has 0 aromatic carbocycles. The van der Waals surface area contributed by atoms with Gasteiger partial charge in [-0.05, 0) is 61.9 Å². The summed E-state index contributed by atoms with van der Waals surface area (Å²) in [5.41, 5.74) is 2.38. The monoisotopic (exact) mass is 370 g/mol. The summed E-state index contributed by atoms with van der Waals surface area (Å²) in [7, 11) is 0. The van der Waals surface area contributed by atoms with Crippen LogP contribution in [0.25, 0.3) is 5.82 Å². The smallest absolute Gasteiger partial charge is 0.153 e. The Morgan fingerprint density at radius 2 is 2.05 bits per heavy atom. The third kappa shape index (κ3) is 4.01. The minimum absolute atomic E-state index is 0.114. The first-order chi connectivity index (χ1) is 8.85. The van der Waals surface area contributed by atoms with E-state index in [4.69, 9.17) is 0 Å². The van der Waals surface area contributed by atoms with Crippen molar-refractivity contribution >= 4 is 22.6 Å². The van der Waals surface area contributed by atoms with Crippen LogP contribution in [0.3, 0.4) is 0 Å². The van der Waals surface area contributed by atoms with Crippen molar-refractivity contribution in [2.75, 3.05) is 0 Å². The van der Waals surface area contributed by atoms with E-state index in [1.165, 1.54) is 5.56 Å². The molecule has 0 saturated heterocycles. The van der Waals surface area contributed by atoms with Crippen LogP contribution >= 0.6 is 22.6 Å². The number of nitrogens with one attached hydrogen (secondary N) is 1. The largest absolute Gasteiger partial charge is 0.308 e. The summed E-state index contributed by atoms with van der Waals surface area (Å²) in [5, 5.41) is 7.75. The average Bonchev–Trinajstić information content (AvgIpc) is 2.73. The molecule has 0 radical (unpaired) electrons. The molecule has 102 valence electrons. The maximum absolute atomic E-state index is 4.61. The molecule has 0 amide bonds. The number of aryl methyl sites for hydroxylation is 1. The molecular formula is C14H19IN4. The van der Waals surface area contributed by atoms with Crippen molar-refractivity contribution in [1.82, 2.24) is 20.1 Å².